The molecule has 5 nitrogen and oxygen atoms in total. The first kappa shape index (κ1) is 14.8. The van der Waals surface area contributed by atoms with Crippen LogP contribution in [0, 0.1) is 0 Å². The molecule has 0 amide bonds. The number of amidine groups is 1. The summed E-state index contributed by atoms with van der Waals surface area (Å²) in [6.07, 6.45) is 5.07. The van der Waals surface area contributed by atoms with Gasteiger partial charge in [0.15, 0.2) is 5.84 Å². The Kier molecular flexibility index (Phi) is 5.83. The van der Waals surface area contributed by atoms with Gasteiger partial charge in [0.05, 0.1) is 6.10 Å². The normalized spacial score (nSPS) is 20.0. The zero-order valence-electron chi connectivity index (χ0n) is 11.7. The topological polar surface area (TPSA) is 79.9 Å². The van der Waals surface area contributed by atoms with Gasteiger partial charge < -0.3 is 21.0 Å². The summed E-state index contributed by atoms with van der Waals surface area (Å²) >= 11 is 0. The fraction of sp³-hybridized carbons (Fsp3) is 0.533. The molecule has 1 atom stereocenters. The summed E-state index contributed by atoms with van der Waals surface area (Å²) in [7, 11) is 0. The summed E-state index contributed by atoms with van der Waals surface area (Å²) in [5, 5.41) is 15.2. The summed E-state index contributed by atoms with van der Waals surface area (Å²) in [4.78, 5) is 0. The second-order valence-electron chi connectivity index (χ2n) is 5.10. The number of benzene rings is 1. The second-order valence-corrected chi connectivity index (χ2v) is 5.10. The SMILES string of the molecule is N/C(=N/O)c1ccccc1CNCCC1CCCCO1. The number of oxime groups is 1. The van der Waals surface area contributed by atoms with Crippen molar-refractivity contribution in [2.45, 2.75) is 38.3 Å². The highest BCUT2D eigenvalue weighted by atomic mass is 16.5. The van der Waals surface area contributed by atoms with Crippen LogP contribution in [-0.4, -0.2) is 30.3 Å². The van der Waals surface area contributed by atoms with E-state index in [1.807, 2.05) is 24.3 Å². The highest BCUT2D eigenvalue weighted by Crippen LogP contribution is 2.15. The van der Waals surface area contributed by atoms with Gasteiger partial charge in [0, 0.05) is 18.7 Å². The van der Waals surface area contributed by atoms with E-state index in [0.717, 1.165) is 30.7 Å². The summed E-state index contributed by atoms with van der Waals surface area (Å²) in [6, 6.07) is 7.68. The van der Waals surface area contributed by atoms with Gasteiger partial charge >= 0.3 is 0 Å². The monoisotopic (exact) mass is 277 g/mol. The molecule has 1 aromatic rings. The lowest BCUT2D eigenvalue weighted by atomic mass is 10.1. The third kappa shape index (κ3) is 4.21. The van der Waals surface area contributed by atoms with Crippen molar-refractivity contribution in [2.75, 3.05) is 13.2 Å². The molecule has 1 unspecified atom stereocenters. The van der Waals surface area contributed by atoms with E-state index in [0.29, 0.717) is 12.6 Å². The van der Waals surface area contributed by atoms with Gasteiger partial charge in [-0.2, -0.15) is 0 Å². The highest BCUT2D eigenvalue weighted by molar-refractivity contribution is 5.98. The van der Waals surface area contributed by atoms with Crippen molar-refractivity contribution in [3.63, 3.8) is 0 Å². The molecule has 1 aliphatic heterocycles. The molecule has 0 aliphatic carbocycles. The molecule has 0 spiro atoms. The molecule has 0 radical (unpaired) electrons. The number of ether oxygens (including phenoxy) is 1. The van der Waals surface area contributed by atoms with Gasteiger partial charge in [0.1, 0.15) is 0 Å². The molecule has 4 N–H and O–H groups in total. The van der Waals surface area contributed by atoms with Crippen LogP contribution in [0.15, 0.2) is 29.4 Å². The molecule has 1 fully saturated rings. The van der Waals surface area contributed by atoms with E-state index in [1.54, 1.807) is 0 Å². The molecular formula is C15H23N3O2. The quantitative estimate of drug-likeness (QED) is 0.244. The van der Waals surface area contributed by atoms with Crippen LogP contribution in [0.25, 0.3) is 0 Å². The summed E-state index contributed by atoms with van der Waals surface area (Å²) in [5.74, 6) is 0.151. The van der Waals surface area contributed by atoms with Crippen molar-refractivity contribution in [1.82, 2.24) is 5.32 Å². The van der Waals surface area contributed by atoms with Crippen LogP contribution in [0.2, 0.25) is 0 Å². The van der Waals surface area contributed by atoms with Crippen molar-refractivity contribution >= 4 is 5.84 Å². The maximum atomic E-state index is 8.78. The molecule has 2 rings (SSSR count). The smallest absolute Gasteiger partial charge is 0.170 e. The van der Waals surface area contributed by atoms with Crippen molar-refractivity contribution in [2.24, 2.45) is 10.9 Å². The zero-order valence-corrected chi connectivity index (χ0v) is 11.7. The number of hydrogen-bond acceptors (Lipinski definition) is 4. The lowest BCUT2D eigenvalue weighted by Crippen LogP contribution is -2.26. The van der Waals surface area contributed by atoms with Crippen LogP contribution in [0.3, 0.4) is 0 Å². The molecule has 110 valence electrons. The standard InChI is InChI=1S/C15H23N3O2/c16-15(18-19)14-7-2-1-5-12(14)11-17-9-8-13-6-3-4-10-20-13/h1-2,5,7,13,17,19H,3-4,6,8-11H2,(H2,16,18). The minimum Gasteiger partial charge on any atom is -0.409 e. The average molecular weight is 277 g/mol. The van der Waals surface area contributed by atoms with E-state index in [1.165, 1.54) is 19.3 Å². The molecule has 0 saturated carbocycles. The third-order valence-electron chi connectivity index (χ3n) is 3.63. The van der Waals surface area contributed by atoms with Gasteiger partial charge in [-0.15, -0.1) is 0 Å². The minimum atomic E-state index is 0.151. The molecule has 1 saturated heterocycles. The molecule has 0 aromatic heterocycles. The molecule has 1 aromatic carbocycles. The predicted molar refractivity (Wildman–Crippen MR) is 78.9 cm³/mol. The maximum absolute atomic E-state index is 8.78. The van der Waals surface area contributed by atoms with E-state index < -0.39 is 0 Å². The Balaban J connectivity index is 1.79. The number of nitrogens with one attached hydrogen (secondary N) is 1. The van der Waals surface area contributed by atoms with Crippen LogP contribution >= 0.6 is 0 Å². The van der Waals surface area contributed by atoms with Crippen LogP contribution in [-0.2, 0) is 11.3 Å². The van der Waals surface area contributed by atoms with Crippen molar-refractivity contribution in [3.05, 3.63) is 35.4 Å². The fourth-order valence-corrected chi connectivity index (χ4v) is 2.50. The Labute approximate surface area is 119 Å². The minimum absolute atomic E-state index is 0.151. The van der Waals surface area contributed by atoms with E-state index in [-0.39, 0.29) is 5.84 Å². The van der Waals surface area contributed by atoms with Crippen LogP contribution in [0.4, 0.5) is 0 Å². The van der Waals surface area contributed by atoms with Gasteiger partial charge in [-0.25, -0.2) is 0 Å². The molecule has 1 aliphatic rings. The largest absolute Gasteiger partial charge is 0.409 e. The van der Waals surface area contributed by atoms with Gasteiger partial charge in [0.25, 0.3) is 0 Å². The Hall–Kier alpha value is -1.59. The predicted octanol–water partition coefficient (Wildman–Crippen LogP) is 1.83. The fourth-order valence-electron chi connectivity index (χ4n) is 2.50. The zero-order chi connectivity index (χ0) is 14.2. The average Bonchev–Trinajstić information content (AvgIpc) is 2.52. The first-order valence-electron chi connectivity index (χ1n) is 7.19. The van der Waals surface area contributed by atoms with Crippen LogP contribution < -0.4 is 11.1 Å². The number of nitrogens with zero attached hydrogens (tertiary/aromatic N) is 1. The number of nitrogens with two attached hydrogens (primary N) is 1. The van der Waals surface area contributed by atoms with Crippen LogP contribution in [0.1, 0.15) is 36.8 Å². The number of hydrogen-bond donors (Lipinski definition) is 3. The molecule has 1 heterocycles. The second kappa shape index (κ2) is 7.87. The number of rotatable bonds is 6. The summed E-state index contributed by atoms with van der Waals surface area (Å²) < 4.78 is 5.70. The Bertz CT molecular complexity index is 442. The first-order valence-corrected chi connectivity index (χ1v) is 7.19. The molecule has 20 heavy (non-hydrogen) atoms. The maximum Gasteiger partial charge on any atom is 0.170 e. The Morgan fingerprint density at radius 2 is 2.25 bits per heavy atom. The summed E-state index contributed by atoms with van der Waals surface area (Å²) in [6.45, 7) is 2.52. The van der Waals surface area contributed by atoms with Gasteiger partial charge in [0.2, 0.25) is 0 Å². The van der Waals surface area contributed by atoms with Gasteiger partial charge in [-0.05, 0) is 37.8 Å². The molecule has 5 heteroatoms. The van der Waals surface area contributed by atoms with E-state index >= 15 is 0 Å². The molecule has 0 bridgehead atoms. The van der Waals surface area contributed by atoms with Crippen molar-refractivity contribution in [1.29, 1.82) is 0 Å². The van der Waals surface area contributed by atoms with Crippen LogP contribution in [0.5, 0.6) is 0 Å². The van der Waals surface area contributed by atoms with Gasteiger partial charge in [-0.3, -0.25) is 0 Å². The highest BCUT2D eigenvalue weighted by Gasteiger charge is 2.13. The first-order chi connectivity index (χ1) is 9.81. The van der Waals surface area contributed by atoms with E-state index in [2.05, 4.69) is 10.5 Å². The lowest BCUT2D eigenvalue weighted by Gasteiger charge is -2.22. The Morgan fingerprint density at radius 3 is 3.00 bits per heavy atom. The van der Waals surface area contributed by atoms with Crippen molar-refractivity contribution in [3.8, 4) is 0 Å². The van der Waals surface area contributed by atoms with Crippen molar-refractivity contribution < 1.29 is 9.94 Å². The van der Waals surface area contributed by atoms with Gasteiger partial charge in [-0.1, -0.05) is 29.4 Å². The lowest BCUT2D eigenvalue weighted by molar-refractivity contribution is 0.0115. The third-order valence-corrected chi connectivity index (χ3v) is 3.63. The molecular weight excluding hydrogens is 254 g/mol. The Morgan fingerprint density at radius 1 is 1.40 bits per heavy atom. The van der Waals surface area contributed by atoms with E-state index in [4.69, 9.17) is 15.7 Å². The summed E-state index contributed by atoms with van der Waals surface area (Å²) in [5.41, 5.74) is 7.48. The van der Waals surface area contributed by atoms with E-state index in [9.17, 15) is 0 Å².